The lowest BCUT2D eigenvalue weighted by Gasteiger charge is -2.26. The van der Waals surface area contributed by atoms with Gasteiger partial charge in [0, 0.05) is 24.9 Å². The zero-order chi connectivity index (χ0) is 19.1. The summed E-state index contributed by atoms with van der Waals surface area (Å²) in [7, 11) is 1.69. The number of likely N-dealkylation sites (tertiary alicyclic amines) is 1. The largest absolute Gasteiger partial charge is 0.497 e. The summed E-state index contributed by atoms with van der Waals surface area (Å²) in [5.41, 5.74) is 2.29. The van der Waals surface area contributed by atoms with Crippen LogP contribution in [0.15, 0.2) is 48.5 Å². The summed E-state index contributed by atoms with van der Waals surface area (Å²) in [5.74, 6) is 0.647. The van der Waals surface area contributed by atoms with Crippen LogP contribution in [0.2, 0.25) is 0 Å². The first-order chi connectivity index (χ1) is 13.2. The molecule has 1 saturated heterocycles. The molecule has 2 aromatic carbocycles. The van der Waals surface area contributed by atoms with E-state index in [0.717, 1.165) is 17.9 Å². The molecule has 1 heterocycles. The van der Waals surface area contributed by atoms with Crippen molar-refractivity contribution in [1.82, 2.24) is 10.6 Å². The first kappa shape index (κ1) is 19.6. The standard InChI is InChI=1S/C21H26FN3OS/c1-26-19-10-6-17(7-11-19)20(25-12-2-3-13-25)15-24-21(27)23-14-16-4-8-18(22)9-5-16/h4-11,20H,2-3,12-15H2,1H3,(H2,23,24,27)/p+1/t20-/m0/s1. The third kappa shape index (κ3) is 5.65. The number of ether oxygens (including phenoxy) is 1. The van der Waals surface area contributed by atoms with Crippen LogP contribution in [0.4, 0.5) is 4.39 Å². The normalized spacial score (nSPS) is 15.3. The number of thiocarbonyl (C=S) groups is 1. The van der Waals surface area contributed by atoms with Gasteiger partial charge in [0.25, 0.3) is 0 Å². The lowest BCUT2D eigenvalue weighted by atomic mass is 10.1. The Balaban J connectivity index is 1.56. The van der Waals surface area contributed by atoms with Crippen molar-refractivity contribution in [2.75, 3.05) is 26.7 Å². The van der Waals surface area contributed by atoms with Crippen molar-refractivity contribution in [3.63, 3.8) is 0 Å². The van der Waals surface area contributed by atoms with Crippen LogP contribution in [0, 0.1) is 5.82 Å². The fourth-order valence-corrected chi connectivity index (χ4v) is 3.71. The summed E-state index contributed by atoms with van der Waals surface area (Å²) in [5, 5.41) is 7.19. The third-order valence-electron chi connectivity index (χ3n) is 5.09. The molecule has 1 atom stereocenters. The first-order valence-corrected chi connectivity index (χ1v) is 9.81. The average molecular weight is 389 g/mol. The Morgan fingerprint density at radius 3 is 2.37 bits per heavy atom. The highest BCUT2D eigenvalue weighted by Gasteiger charge is 2.27. The van der Waals surface area contributed by atoms with Crippen molar-refractivity contribution in [2.24, 2.45) is 0 Å². The summed E-state index contributed by atoms with van der Waals surface area (Å²) >= 11 is 5.44. The Morgan fingerprint density at radius 2 is 1.74 bits per heavy atom. The van der Waals surface area contributed by atoms with E-state index in [-0.39, 0.29) is 5.82 Å². The Kier molecular flexibility index (Phi) is 7.01. The molecule has 0 aliphatic carbocycles. The van der Waals surface area contributed by atoms with E-state index in [2.05, 4.69) is 22.8 Å². The van der Waals surface area contributed by atoms with E-state index in [4.69, 9.17) is 17.0 Å². The van der Waals surface area contributed by atoms with E-state index in [1.807, 2.05) is 12.1 Å². The number of hydrogen-bond donors (Lipinski definition) is 3. The predicted molar refractivity (Wildman–Crippen MR) is 110 cm³/mol. The van der Waals surface area contributed by atoms with Crippen LogP contribution in [-0.2, 0) is 6.54 Å². The molecule has 1 aliphatic rings. The number of nitrogens with one attached hydrogen (secondary N) is 3. The molecule has 0 radical (unpaired) electrons. The molecule has 27 heavy (non-hydrogen) atoms. The fraction of sp³-hybridized carbons (Fsp3) is 0.381. The second-order valence-corrected chi connectivity index (χ2v) is 7.29. The number of benzene rings is 2. The van der Waals surface area contributed by atoms with Crippen molar-refractivity contribution < 1.29 is 14.0 Å². The topological polar surface area (TPSA) is 37.7 Å². The molecule has 0 bridgehead atoms. The van der Waals surface area contributed by atoms with Crippen LogP contribution in [-0.4, -0.2) is 31.9 Å². The Hall–Kier alpha value is -2.18. The van der Waals surface area contributed by atoms with E-state index < -0.39 is 0 Å². The van der Waals surface area contributed by atoms with Gasteiger partial charge in [0.2, 0.25) is 0 Å². The summed E-state index contributed by atoms with van der Waals surface area (Å²) < 4.78 is 18.3. The molecular formula is C21H27FN3OS+. The molecule has 2 aromatic rings. The van der Waals surface area contributed by atoms with Gasteiger partial charge in [-0.05, 0) is 54.2 Å². The number of rotatable bonds is 7. The number of quaternary nitrogens is 1. The van der Waals surface area contributed by atoms with Crippen LogP contribution >= 0.6 is 12.2 Å². The fourth-order valence-electron chi connectivity index (χ4n) is 3.55. The van der Waals surface area contributed by atoms with Crippen molar-refractivity contribution in [1.29, 1.82) is 0 Å². The predicted octanol–water partition coefficient (Wildman–Crippen LogP) is 2.22. The lowest BCUT2D eigenvalue weighted by molar-refractivity contribution is -0.918. The van der Waals surface area contributed by atoms with Crippen LogP contribution < -0.4 is 20.3 Å². The van der Waals surface area contributed by atoms with Crippen molar-refractivity contribution in [2.45, 2.75) is 25.4 Å². The number of methoxy groups -OCH3 is 1. The molecule has 0 saturated carbocycles. The van der Waals surface area contributed by atoms with E-state index in [1.54, 1.807) is 24.1 Å². The van der Waals surface area contributed by atoms with Gasteiger partial charge in [0.15, 0.2) is 5.11 Å². The summed E-state index contributed by atoms with van der Waals surface area (Å²) in [6.07, 6.45) is 2.55. The molecule has 1 aliphatic heterocycles. The zero-order valence-electron chi connectivity index (χ0n) is 15.6. The van der Waals surface area contributed by atoms with Crippen LogP contribution in [0.3, 0.4) is 0 Å². The van der Waals surface area contributed by atoms with Gasteiger partial charge in [-0.25, -0.2) is 4.39 Å². The second-order valence-electron chi connectivity index (χ2n) is 6.88. The first-order valence-electron chi connectivity index (χ1n) is 9.40. The van der Waals surface area contributed by atoms with Crippen LogP contribution in [0.5, 0.6) is 5.75 Å². The number of hydrogen-bond acceptors (Lipinski definition) is 2. The van der Waals surface area contributed by atoms with E-state index in [9.17, 15) is 4.39 Å². The quantitative estimate of drug-likeness (QED) is 0.636. The molecule has 0 aromatic heterocycles. The zero-order valence-corrected chi connectivity index (χ0v) is 16.4. The second kappa shape index (κ2) is 9.67. The Morgan fingerprint density at radius 1 is 1.07 bits per heavy atom. The van der Waals surface area contributed by atoms with Gasteiger partial charge >= 0.3 is 0 Å². The molecule has 144 valence electrons. The molecule has 3 N–H and O–H groups in total. The summed E-state index contributed by atoms with van der Waals surface area (Å²) in [4.78, 5) is 1.59. The van der Waals surface area contributed by atoms with Crippen molar-refractivity contribution in [3.8, 4) is 5.75 Å². The molecule has 6 heteroatoms. The molecule has 4 nitrogen and oxygen atoms in total. The maximum absolute atomic E-state index is 13.0. The van der Waals surface area contributed by atoms with Crippen molar-refractivity contribution >= 4 is 17.3 Å². The SMILES string of the molecule is COc1ccc([C@H](CNC(=S)NCc2ccc(F)cc2)[NH+]2CCCC2)cc1. The molecule has 3 rings (SSSR count). The molecule has 0 spiro atoms. The van der Waals surface area contributed by atoms with Gasteiger partial charge in [-0.3, -0.25) is 0 Å². The Labute approximate surface area is 165 Å². The minimum absolute atomic E-state index is 0.227. The molecule has 1 fully saturated rings. The number of halogens is 1. The summed E-state index contributed by atoms with van der Waals surface area (Å²) in [6.45, 7) is 3.73. The third-order valence-corrected chi connectivity index (χ3v) is 5.38. The smallest absolute Gasteiger partial charge is 0.166 e. The lowest BCUT2D eigenvalue weighted by Crippen LogP contribution is -3.11. The maximum atomic E-state index is 13.0. The van der Waals surface area contributed by atoms with Gasteiger partial charge in [-0.1, -0.05) is 12.1 Å². The van der Waals surface area contributed by atoms with Crippen LogP contribution in [0.1, 0.15) is 30.0 Å². The van der Waals surface area contributed by atoms with Gasteiger partial charge in [-0.2, -0.15) is 0 Å². The molecule has 0 unspecified atom stereocenters. The van der Waals surface area contributed by atoms with Gasteiger partial charge < -0.3 is 20.3 Å². The van der Waals surface area contributed by atoms with E-state index in [0.29, 0.717) is 17.7 Å². The molecule has 0 amide bonds. The monoisotopic (exact) mass is 388 g/mol. The maximum Gasteiger partial charge on any atom is 0.166 e. The average Bonchev–Trinajstić information content (AvgIpc) is 3.23. The van der Waals surface area contributed by atoms with E-state index in [1.165, 1.54) is 43.6 Å². The van der Waals surface area contributed by atoms with E-state index >= 15 is 0 Å². The minimum Gasteiger partial charge on any atom is -0.497 e. The van der Waals surface area contributed by atoms with Gasteiger partial charge in [0.1, 0.15) is 17.6 Å². The van der Waals surface area contributed by atoms with Crippen LogP contribution in [0.25, 0.3) is 0 Å². The highest BCUT2D eigenvalue weighted by Crippen LogP contribution is 2.16. The highest BCUT2D eigenvalue weighted by atomic mass is 32.1. The summed E-state index contributed by atoms with van der Waals surface area (Å²) in [6, 6.07) is 15.1. The Bertz CT molecular complexity index is 730. The highest BCUT2D eigenvalue weighted by molar-refractivity contribution is 7.80. The molecular weight excluding hydrogens is 361 g/mol. The van der Waals surface area contributed by atoms with Crippen molar-refractivity contribution in [3.05, 3.63) is 65.5 Å². The minimum atomic E-state index is -0.227. The van der Waals surface area contributed by atoms with Gasteiger partial charge in [0.05, 0.1) is 26.7 Å². The van der Waals surface area contributed by atoms with Gasteiger partial charge in [-0.15, -0.1) is 0 Å².